The quantitative estimate of drug-likeness (QED) is 0.132. The van der Waals surface area contributed by atoms with Crippen molar-refractivity contribution in [1.82, 2.24) is 5.32 Å². The van der Waals surface area contributed by atoms with Crippen molar-refractivity contribution in [3.8, 4) is 5.75 Å². The van der Waals surface area contributed by atoms with Gasteiger partial charge in [0.15, 0.2) is 0 Å². The third-order valence-corrected chi connectivity index (χ3v) is 8.43. The zero-order valence-electron chi connectivity index (χ0n) is 25.9. The van der Waals surface area contributed by atoms with Gasteiger partial charge in [-0.1, -0.05) is 41.0 Å². The lowest BCUT2D eigenvalue weighted by atomic mass is 9.94. The van der Waals surface area contributed by atoms with Gasteiger partial charge in [0.1, 0.15) is 17.0 Å². The Morgan fingerprint density at radius 3 is 2.09 bits per heavy atom. The number of rotatable bonds is 12. The van der Waals surface area contributed by atoms with Gasteiger partial charge >= 0.3 is 20.1 Å². The lowest BCUT2D eigenvalue weighted by Crippen LogP contribution is -2.51. The summed E-state index contributed by atoms with van der Waals surface area (Å²) in [6.07, 6.45) is -0.724. The van der Waals surface area contributed by atoms with E-state index in [1.807, 2.05) is 12.1 Å². The largest absolute Gasteiger partial charge is 0.514 e. The van der Waals surface area contributed by atoms with Gasteiger partial charge in [0.2, 0.25) is 0 Å². The Bertz CT molecular complexity index is 1320. The van der Waals surface area contributed by atoms with Crippen LogP contribution in [0, 0.1) is 0 Å². The summed E-state index contributed by atoms with van der Waals surface area (Å²) in [5.74, 6) is 0.289. The Balaban J connectivity index is 2.22. The van der Waals surface area contributed by atoms with Crippen molar-refractivity contribution in [2.75, 3.05) is 20.8 Å². The zero-order chi connectivity index (χ0) is 32.6. The predicted molar refractivity (Wildman–Crippen MR) is 168 cm³/mol. The maximum absolute atomic E-state index is 12.6. The summed E-state index contributed by atoms with van der Waals surface area (Å²) in [5, 5.41) is 3.75. The Morgan fingerprint density at radius 1 is 0.907 bits per heavy atom. The molecule has 240 valence electrons. The summed E-state index contributed by atoms with van der Waals surface area (Å²) in [6, 6.07) is 10.4. The van der Waals surface area contributed by atoms with E-state index in [0.29, 0.717) is 27.8 Å². The summed E-state index contributed by atoms with van der Waals surface area (Å²) < 4.78 is 43.8. The smallest absolute Gasteiger partial charge is 0.444 e. The highest BCUT2D eigenvalue weighted by molar-refractivity contribution is 7.99. The first-order chi connectivity index (χ1) is 19.8. The van der Waals surface area contributed by atoms with Crippen LogP contribution in [0.25, 0.3) is 0 Å². The third kappa shape index (κ3) is 13.3. The Kier molecular flexibility index (Phi) is 13.3. The average Bonchev–Trinajstić information content (AvgIpc) is 2.86. The van der Waals surface area contributed by atoms with Crippen LogP contribution in [-0.4, -0.2) is 49.8 Å². The molecule has 43 heavy (non-hydrogen) atoms. The van der Waals surface area contributed by atoms with Crippen LogP contribution in [0.3, 0.4) is 0 Å². The number of alkyl carbamates (subject to hydrolysis) is 1. The fourth-order valence-corrected chi connectivity index (χ4v) is 5.80. The Labute approximate surface area is 268 Å². The number of ether oxygens (including phenoxy) is 3. The second-order valence-electron chi connectivity index (χ2n) is 11.8. The Hall–Kier alpha value is -1.98. The van der Waals surface area contributed by atoms with Crippen LogP contribution in [0.5, 0.6) is 5.75 Å². The van der Waals surface area contributed by atoms with E-state index in [1.54, 1.807) is 72.7 Å². The summed E-state index contributed by atoms with van der Waals surface area (Å²) in [4.78, 5) is 26.2. The molecule has 2 rings (SSSR count). The van der Waals surface area contributed by atoms with E-state index in [1.165, 1.54) is 26.0 Å². The third-order valence-electron chi connectivity index (χ3n) is 5.48. The van der Waals surface area contributed by atoms with E-state index in [2.05, 4.69) is 5.32 Å². The molecule has 0 aliphatic rings. The molecule has 10 nitrogen and oxygen atoms in total. The van der Waals surface area contributed by atoms with E-state index in [9.17, 15) is 14.2 Å². The molecule has 0 saturated heterocycles. The highest BCUT2D eigenvalue weighted by Gasteiger charge is 2.34. The first kappa shape index (κ1) is 37.2. The minimum Gasteiger partial charge on any atom is -0.444 e. The van der Waals surface area contributed by atoms with E-state index in [-0.39, 0.29) is 12.4 Å². The number of carbonyl (C=O) groups is 2. The van der Waals surface area contributed by atoms with Crippen molar-refractivity contribution in [1.29, 1.82) is 0 Å². The van der Waals surface area contributed by atoms with Gasteiger partial charge in [0.25, 0.3) is 0 Å². The number of phosphoric ester groups is 1. The van der Waals surface area contributed by atoms with Crippen molar-refractivity contribution in [3.05, 3.63) is 52.0 Å². The average molecular weight is 681 g/mol. The minimum absolute atomic E-state index is 0.189. The predicted octanol–water partition coefficient (Wildman–Crippen LogP) is 9.09. The van der Waals surface area contributed by atoms with Gasteiger partial charge in [-0.05, 0) is 97.2 Å². The number of amides is 1. The van der Waals surface area contributed by atoms with Crippen molar-refractivity contribution < 1.29 is 41.9 Å². The fraction of sp³-hybridized carbons (Fsp3) is 0.517. The molecule has 0 aromatic heterocycles. The van der Waals surface area contributed by atoms with Crippen molar-refractivity contribution in [2.24, 2.45) is 0 Å². The molecule has 1 N–H and O–H groups in total. The van der Waals surface area contributed by atoms with Gasteiger partial charge in [-0.2, -0.15) is 0 Å². The maximum Gasteiger partial charge on any atom is 0.514 e. The van der Waals surface area contributed by atoms with Crippen molar-refractivity contribution >= 4 is 55.0 Å². The van der Waals surface area contributed by atoms with Gasteiger partial charge < -0.3 is 19.5 Å². The van der Waals surface area contributed by atoms with E-state index < -0.39 is 36.8 Å². The van der Waals surface area contributed by atoms with Gasteiger partial charge in [-0.25, -0.2) is 14.2 Å². The second kappa shape index (κ2) is 15.3. The summed E-state index contributed by atoms with van der Waals surface area (Å²) in [7, 11) is -1.39. The van der Waals surface area contributed by atoms with Gasteiger partial charge in [-0.3, -0.25) is 13.6 Å². The topological polar surface area (TPSA) is 119 Å². The van der Waals surface area contributed by atoms with Gasteiger partial charge in [-0.15, -0.1) is 0 Å². The van der Waals surface area contributed by atoms with E-state index in [0.717, 1.165) is 10.5 Å². The molecule has 0 heterocycles. The first-order valence-corrected chi connectivity index (χ1v) is 16.3. The molecule has 0 aliphatic carbocycles. The SMILES string of the molecule is COP(=O)(OC)OC[C@](C)(CCc1ccc(Sc2cc(Cl)ccc2OC(=O)OC(C)(C)C)cc1Cl)NC(=O)OC(C)(C)C. The van der Waals surface area contributed by atoms with E-state index in [4.69, 9.17) is 51.0 Å². The number of hydrogen-bond donors (Lipinski definition) is 1. The molecule has 0 radical (unpaired) electrons. The summed E-state index contributed by atoms with van der Waals surface area (Å²) >= 11 is 14.2. The Morgan fingerprint density at radius 2 is 1.53 bits per heavy atom. The number of halogens is 2. The number of hydrogen-bond acceptors (Lipinski definition) is 10. The van der Waals surface area contributed by atoms with Crippen LogP contribution >= 0.6 is 42.8 Å². The molecule has 0 unspecified atom stereocenters. The number of phosphoric acid groups is 1. The molecule has 1 amide bonds. The molecular weight excluding hydrogens is 640 g/mol. The monoisotopic (exact) mass is 679 g/mol. The molecule has 14 heteroatoms. The number of nitrogens with one attached hydrogen (secondary N) is 1. The first-order valence-electron chi connectivity index (χ1n) is 13.3. The molecule has 1 atom stereocenters. The van der Waals surface area contributed by atoms with Gasteiger partial charge in [0.05, 0.1) is 17.0 Å². The molecule has 2 aromatic carbocycles. The van der Waals surface area contributed by atoms with Crippen LogP contribution in [-0.2, 0) is 34.0 Å². The van der Waals surface area contributed by atoms with Gasteiger partial charge in [0, 0.05) is 29.2 Å². The van der Waals surface area contributed by atoms with Crippen LogP contribution in [0.1, 0.15) is 60.5 Å². The van der Waals surface area contributed by atoms with E-state index >= 15 is 0 Å². The lowest BCUT2D eigenvalue weighted by molar-refractivity contribution is 0.0200. The number of aryl methyl sites for hydroxylation is 1. The fourth-order valence-electron chi connectivity index (χ4n) is 3.46. The summed E-state index contributed by atoms with van der Waals surface area (Å²) in [6.45, 7) is 12.0. The summed E-state index contributed by atoms with van der Waals surface area (Å²) in [5.41, 5.74) is -1.67. The minimum atomic E-state index is -3.80. The zero-order valence-corrected chi connectivity index (χ0v) is 29.1. The molecule has 0 aliphatic heterocycles. The maximum atomic E-state index is 12.6. The standard InChI is InChI=1S/C29H40Cl2NO9PS/c1-27(2,3)40-25(33)32-29(7,18-38-42(35,36-8)37-9)15-14-19-10-12-21(17-22(19)31)43-24-16-20(30)11-13-23(24)39-26(34)41-28(4,5)6/h10-13,16-17H,14-15,18H2,1-9H3,(H,32,33)/t29-/m0/s1. The lowest BCUT2D eigenvalue weighted by Gasteiger charge is -2.32. The molecule has 0 spiro atoms. The molecule has 2 aromatic rings. The molecule has 0 saturated carbocycles. The van der Waals surface area contributed by atoms with Crippen LogP contribution in [0.2, 0.25) is 10.0 Å². The second-order valence-corrected chi connectivity index (χ2v) is 15.6. The van der Waals surface area contributed by atoms with Crippen molar-refractivity contribution in [2.45, 2.75) is 87.8 Å². The highest BCUT2D eigenvalue weighted by atomic mass is 35.5. The van der Waals surface area contributed by atoms with Crippen LogP contribution < -0.4 is 10.1 Å². The number of carbonyl (C=O) groups excluding carboxylic acids is 2. The number of benzene rings is 2. The van der Waals surface area contributed by atoms with Crippen LogP contribution in [0.4, 0.5) is 9.59 Å². The van der Waals surface area contributed by atoms with Crippen molar-refractivity contribution in [3.63, 3.8) is 0 Å². The van der Waals surface area contributed by atoms with Crippen LogP contribution in [0.15, 0.2) is 46.2 Å². The normalized spacial score (nSPS) is 13.7. The highest BCUT2D eigenvalue weighted by Crippen LogP contribution is 2.48. The molecule has 0 fully saturated rings. The molecule has 0 bridgehead atoms. The molecular formula is C29H40Cl2NO9PS.